The number of rotatable bonds is 2. The first-order valence-corrected chi connectivity index (χ1v) is 5.73. The zero-order valence-electron chi connectivity index (χ0n) is 10.5. The van der Waals surface area contributed by atoms with E-state index >= 15 is 0 Å². The summed E-state index contributed by atoms with van der Waals surface area (Å²) in [5, 5.41) is 8.88. The van der Waals surface area contributed by atoms with Crippen LogP contribution in [0.25, 0.3) is 0 Å². The maximum Gasteiger partial charge on any atom is 0.323 e. The average Bonchev–Trinajstić information content (AvgIpc) is 2.62. The van der Waals surface area contributed by atoms with Crippen LogP contribution in [-0.2, 0) is 9.53 Å². The van der Waals surface area contributed by atoms with Gasteiger partial charge in [-0.25, -0.2) is 0 Å². The Bertz CT molecular complexity index is 301. The summed E-state index contributed by atoms with van der Waals surface area (Å²) in [5.74, 6) is -0.202. The minimum Gasteiger partial charge on any atom is -0.459 e. The van der Waals surface area contributed by atoms with Gasteiger partial charge in [0.25, 0.3) is 0 Å². The van der Waals surface area contributed by atoms with Crippen LogP contribution in [-0.4, -0.2) is 35.1 Å². The minimum absolute atomic E-state index is 0.202. The summed E-state index contributed by atoms with van der Waals surface area (Å²) in [4.78, 5) is 13.8. The molecule has 0 aromatic rings. The van der Waals surface area contributed by atoms with Crippen molar-refractivity contribution in [2.45, 2.75) is 58.2 Å². The predicted molar refractivity (Wildman–Crippen MR) is 60.6 cm³/mol. The molecule has 1 rings (SSSR count). The Labute approximate surface area is 97.2 Å². The maximum atomic E-state index is 11.9. The lowest BCUT2D eigenvalue weighted by molar-refractivity contribution is -0.160. The summed E-state index contributed by atoms with van der Waals surface area (Å²) in [6.07, 6.45) is 1.75. The molecule has 90 valence electrons. The molecule has 0 amide bonds. The first-order valence-electron chi connectivity index (χ1n) is 5.73. The number of nitrogens with zero attached hydrogens (tertiary/aromatic N) is 2. The molecule has 1 aliphatic rings. The molecule has 1 heterocycles. The number of carbonyl (C=O) groups excluding carboxylic acids is 1. The van der Waals surface area contributed by atoms with Gasteiger partial charge in [-0.05, 0) is 40.5 Å². The second-order valence-corrected chi connectivity index (χ2v) is 5.23. The fraction of sp³-hybridized carbons (Fsp3) is 0.833. The molecule has 1 unspecified atom stereocenters. The minimum atomic E-state index is -0.457. The number of nitriles is 1. The summed E-state index contributed by atoms with van der Waals surface area (Å²) in [5.41, 5.74) is -0.457. The van der Waals surface area contributed by atoms with Crippen molar-refractivity contribution in [3.63, 3.8) is 0 Å². The van der Waals surface area contributed by atoms with E-state index in [1.54, 1.807) is 0 Å². The first kappa shape index (κ1) is 13.0. The van der Waals surface area contributed by atoms with Gasteiger partial charge in [-0.15, -0.1) is 0 Å². The molecule has 0 spiro atoms. The second kappa shape index (κ2) is 4.84. The van der Waals surface area contributed by atoms with Gasteiger partial charge in [0.15, 0.2) is 0 Å². The largest absolute Gasteiger partial charge is 0.459 e. The monoisotopic (exact) mass is 224 g/mol. The number of hydrogen-bond donors (Lipinski definition) is 0. The van der Waals surface area contributed by atoms with Gasteiger partial charge in [0.1, 0.15) is 11.6 Å². The Kier molecular flexibility index (Phi) is 3.93. The molecule has 0 radical (unpaired) electrons. The van der Waals surface area contributed by atoms with Crippen LogP contribution in [0.15, 0.2) is 0 Å². The first-order chi connectivity index (χ1) is 7.35. The molecule has 0 aliphatic carbocycles. The lowest BCUT2D eigenvalue weighted by atomic mass is 10.1. The van der Waals surface area contributed by atoms with E-state index in [0.717, 1.165) is 19.4 Å². The van der Waals surface area contributed by atoms with Crippen LogP contribution in [0.4, 0.5) is 0 Å². The number of hydrogen-bond acceptors (Lipinski definition) is 4. The number of esters is 1. The van der Waals surface area contributed by atoms with E-state index in [2.05, 4.69) is 6.07 Å². The molecule has 16 heavy (non-hydrogen) atoms. The summed E-state index contributed by atoms with van der Waals surface area (Å²) in [6, 6.07) is 1.71. The molecule has 2 atom stereocenters. The van der Waals surface area contributed by atoms with Gasteiger partial charge in [-0.1, -0.05) is 0 Å². The van der Waals surface area contributed by atoms with Crippen LogP contribution in [0.3, 0.4) is 0 Å². The van der Waals surface area contributed by atoms with Gasteiger partial charge in [0.05, 0.1) is 12.1 Å². The average molecular weight is 224 g/mol. The van der Waals surface area contributed by atoms with E-state index < -0.39 is 5.60 Å². The van der Waals surface area contributed by atoms with Crippen LogP contribution in [0.2, 0.25) is 0 Å². The van der Waals surface area contributed by atoms with Gasteiger partial charge in [-0.3, -0.25) is 9.69 Å². The number of carbonyl (C=O) groups is 1. The Morgan fingerprint density at radius 2 is 2.19 bits per heavy atom. The molecule has 0 aromatic carbocycles. The third kappa shape index (κ3) is 3.21. The Balaban J connectivity index is 2.65. The zero-order valence-corrected chi connectivity index (χ0v) is 10.5. The Morgan fingerprint density at radius 3 is 2.69 bits per heavy atom. The predicted octanol–water partition coefficient (Wildman–Crippen LogP) is 1.70. The van der Waals surface area contributed by atoms with Crippen molar-refractivity contribution >= 4 is 5.97 Å². The van der Waals surface area contributed by atoms with E-state index in [1.807, 2.05) is 32.6 Å². The van der Waals surface area contributed by atoms with E-state index in [0.29, 0.717) is 0 Å². The van der Waals surface area contributed by atoms with Crippen LogP contribution in [0, 0.1) is 11.3 Å². The number of ether oxygens (including phenoxy) is 1. The lowest BCUT2D eigenvalue weighted by Gasteiger charge is -2.28. The third-order valence-electron chi connectivity index (χ3n) is 2.66. The van der Waals surface area contributed by atoms with Crippen LogP contribution >= 0.6 is 0 Å². The van der Waals surface area contributed by atoms with Crippen molar-refractivity contribution in [1.82, 2.24) is 4.90 Å². The number of likely N-dealkylation sites (tertiary alicyclic amines) is 1. The van der Waals surface area contributed by atoms with E-state index in [4.69, 9.17) is 10.00 Å². The van der Waals surface area contributed by atoms with E-state index in [9.17, 15) is 4.79 Å². The smallest absolute Gasteiger partial charge is 0.323 e. The van der Waals surface area contributed by atoms with E-state index in [1.165, 1.54) is 0 Å². The molecule has 0 aromatic heterocycles. The van der Waals surface area contributed by atoms with Gasteiger partial charge in [-0.2, -0.15) is 5.26 Å². The van der Waals surface area contributed by atoms with E-state index in [-0.39, 0.29) is 18.1 Å². The fourth-order valence-electron chi connectivity index (χ4n) is 1.95. The highest BCUT2D eigenvalue weighted by Gasteiger charge is 2.36. The Morgan fingerprint density at radius 1 is 1.56 bits per heavy atom. The SMILES string of the molecule is CC(C#N)N1CCC[C@H]1C(=O)OC(C)(C)C. The summed E-state index contributed by atoms with van der Waals surface area (Å²) in [7, 11) is 0. The fourth-order valence-corrected chi connectivity index (χ4v) is 1.95. The lowest BCUT2D eigenvalue weighted by Crippen LogP contribution is -2.44. The third-order valence-corrected chi connectivity index (χ3v) is 2.66. The van der Waals surface area contributed by atoms with Gasteiger partial charge < -0.3 is 4.74 Å². The van der Waals surface area contributed by atoms with Crippen molar-refractivity contribution < 1.29 is 9.53 Å². The summed E-state index contributed by atoms with van der Waals surface area (Å²) < 4.78 is 5.36. The van der Waals surface area contributed by atoms with Gasteiger partial charge in [0, 0.05) is 6.54 Å². The molecule has 0 N–H and O–H groups in total. The molecular formula is C12H20N2O2. The van der Waals surface area contributed by atoms with Crippen molar-refractivity contribution in [1.29, 1.82) is 5.26 Å². The summed E-state index contributed by atoms with van der Waals surface area (Å²) in [6.45, 7) is 8.20. The molecule has 1 saturated heterocycles. The highest BCUT2D eigenvalue weighted by atomic mass is 16.6. The molecule has 1 aliphatic heterocycles. The molecule has 0 bridgehead atoms. The quantitative estimate of drug-likeness (QED) is 0.670. The molecule has 4 nitrogen and oxygen atoms in total. The van der Waals surface area contributed by atoms with Crippen LogP contribution in [0.5, 0.6) is 0 Å². The van der Waals surface area contributed by atoms with Crippen molar-refractivity contribution in [3.8, 4) is 6.07 Å². The normalized spacial score (nSPS) is 23.8. The molecule has 1 fully saturated rings. The molecule has 0 saturated carbocycles. The van der Waals surface area contributed by atoms with Gasteiger partial charge in [0.2, 0.25) is 0 Å². The van der Waals surface area contributed by atoms with Crippen LogP contribution in [0.1, 0.15) is 40.5 Å². The highest BCUT2D eigenvalue weighted by molar-refractivity contribution is 5.76. The molecular weight excluding hydrogens is 204 g/mol. The molecule has 4 heteroatoms. The Hall–Kier alpha value is -1.08. The second-order valence-electron chi connectivity index (χ2n) is 5.23. The standard InChI is InChI=1S/C12H20N2O2/c1-9(8-13)14-7-5-6-10(14)11(15)16-12(2,3)4/h9-10H,5-7H2,1-4H3/t9?,10-/m0/s1. The van der Waals surface area contributed by atoms with Crippen molar-refractivity contribution in [2.75, 3.05) is 6.54 Å². The highest BCUT2D eigenvalue weighted by Crippen LogP contribution is 2.22. The van der Waals surface area contributed by atoms with Crippen molar-refractivity contribution in [3.05, 3.63) is 0 Å². The maximum absolute atomic E-state index is 11.9. The van der Waals surface area contributed by atoms with Crippen molar-refractivity contribution in [2.24, 2.45) is 0 Å². The van der Waals surface area contributed by atoms with Gasteiger partial charge >= 0.3 is 5.97 Å². The zero-order chi connectivity index (χ0) is 12.3. The van der Waals surface area contributed by atoms with Crippen LogP contribution < -0.4 is 0 Å². The topological polar surface area (TPSA) is 53.3 Å². The summed E-state index contributed by atoms with van der Waals surface area (Å²) >= 11 is 0.